The van der Waals surface area contributed by atoms with Crippen molar-refractivity contribution in [3.05, 3.63) is 68.0 Å². The van der Waals surface area contributed by atoms with Gasteiger partial charge in [0.1, 0.15) is 5.60 Å². The van der Waals surface area contributed by atoms with E-state index in [2.05, 4.69) is 0 Å². The van der Waals surface area contributed by atoms with E-state index in [1.807, 2.05) is 51.1 Å². The summed E-state index contributed by atoms with van der Waals surface area (Å²) in [5.74, 6) is 0. The fraction of sp³-hybridized carbons (Fsp3) is 0.476. The van der Waals surface area contributed by atoms with E-state index >= 15 is 0 Å². The SMILES string of the molecule is CC1c2c(n(C)c(=O)n(Cc3ccccc3)c2=O)CCN1C(=O)OC(C)(C)C. The summed E-state index contributed by atoms with van der Waals surface area (Å²) in [6.45, 7) is 7.83. The first kappa shape index (κ1) is 19.9. The van der Waals surface area contributed by atoms with Crippen LogP contribution in [0.2, 0.25) is 0 Å². The van der Waals surface area contributed by atoms with Crippen LogP contribution in [0.4, 0.5) is 4.79 Å². The Morgan fingerprint density at radius 1 is 1.18 bits per heavy atom. The molecule has 7 nitrogen and oxygen atoms in total. The van der Waals surface area contributed by atoms with Crippen molar-refractivity contribution < 1.29 is 9.53 Å². The molecule has 3 rings (SSSR count). The summed E-state index contributed by atoms with van der Waals surface area (Å²) >= 11 is 0. The standard InChI is InChI=1S/C21H27N3O4/c1-14-17-16(11-12-23(14)20(27)28-21(2,3)4)22(5)19(26)24(18(17)25)13-15-9-7-6-8-10-15/h6-10,14H,11-13H2,1-5H3. The van der Waals surface area contributed by atoms with Crippen LogP contribution in [-0.2, 0) is 24.8 Å². The molecule has 1 aromatic carbocycles. The molecule has 1 amide bonds. The molecule has 2 heterocycles. The van der Waals surface area contributed by atoms with Crippen LogP contribution in [0.3, 0.4) is 0 Å². The van der Waals surface area contributed by atoms with E-state index in [1.165, 1.54) is 9.13 Å². The molecule has 150 valence electrons. The molecule has 1 unspecified atom stereocenters. The van der Waals surface area contributed by atoms with Gasteiger partial charge in [0, 0.05) is 25.7 Å². The average Bonchev–Trinajstić information content (AvgIpc) is 2.62. The molecule has 1 atom stereocenters. The monoisotopic (exact) mass is 385 g/mol. The minimum absolute atomic E-state index is 0.193. The predicted molar refractivity (Wildman–Crippen MR) is 107 cm³/mol. The van der Waals surface area contributed by atoms with E-state index in [0.29, 0.717) is 24.2 Å². The summed E-state index contributed by atoms with van der Waals surface area (Å²) in [5.41, 5.74) is 0.734. The van der Waals surface area contributed by atoms with Gasteiger partial charge >= 0.3 is 11.8 Å². The molecule has 0 spiro atoms. The van der Waals surface area contributed by atoms with Crippen molar-refractivity contribution in [3.63, 3.8) is 0 Å². The van der Waals surface area contributed by atoms with Gasteiger partial charge in [-0.2, -0.15) is 0 Å². The highest BCUT2D eigenvalue weighted by molar-refractivity contribution is 5.69. The first-order valence-electron chi connectivity index (χ1n) is 9.46. The van der Waals surface area contributed by atoms with Gasteiger partial charge in [0.15, 0.2) is 0 Å². The number of hydrogen-bond donors (Lipinski definition) is 0. The number of hydrogen-bond acceptors (Lipinski definition) is 4. The second-order valence-corrected chi connectivity index (χ2v) is 8.18. The Bertz CT molecular complexity index is 999. The highest BCUT2D eigenvalue weighted by Crippen LogP contribution is 2.27. The van der Waals surface area contributed by atoms with Crippen LogP contribution in [-0.4, -0.2) is 32.3 Å². The van der Waals surface area contributed by atoms with Crippen molar-refractivity contribution in [2.45, 2.75) is 52.3 Å². The van der Waals surface area contributed by atoms with Gasteiger partial charge in [0.25, 0.3) is 5.56 Å². The number of carbonyl (C=O) groups is 1. The number of benzene rings is 1. The van der Waals surface area contributed by atoms with E-state index in [9.17, 15) is 14.4 Å². The van der Waals surface area contributed by atoms with Gasteiger partial charge in [-0.3, -0.25) is 9.36 Å². The Kier molecular flexibility index (Phi) is 5.19. The van der Waals surface area contributed by atoms with Crippen LogP contribution in [0, 0.1) is 0 Å². The quantitative estimate of drug-likeness (QED) is 0.796. The molecule has 0 aliphatic carbocycles. The van der Waals surface area contributed by atoms with Crippen molar-refractivity contribution >= 4 is 6.09 Å². The fourth-order valence-electron chi connectivity index (χ4n) is 3.61. The molecular weight excluding hydrogens is 358 g/mol. The molecule has 0 bridgehead atoms. The van der Waals surface area contributed by atoms with Crippen molar-refractivity contribution in [3.8, 4) is 0 Å². The van der Waals surface area contributed by atoms with E-state index in [-0.39, 0.29) is 17.8 Å². The number of amides is 1. The van der Waals surface area contributed by atoms with Crippen LogP contribution in [0.5, 0.6) is 0 Å². The minimum atomic E-state index is -0.617. The van der Waals surface area contributed by atoms with E-state index < -0.39 is 17.7 Å². The zero-order valence-electron chi connectivity index (χ0n) is 17.1. The van der Waals surface area contributed by atoms with Crippen LogP contribution >= 0.6 is 0 Å². The maximum atomic E-state index is 13.2. The predicted octanol–water partition coefficient (Wildman–Crippen LogP) is 2.45. The van der Waals surface area contributed by atoms with Crippen molar-refractivity contribution in [1.29, 1.82) is 0 Å². The highest BCUT2D eigenvalue weighted by atomic mass is 16.6. The lowest BCUT2D eigenvalue weighted by atomic mass is 9.99. The summed E-state index contributed by atoms with van der Waals surface area (Å²) in [7, 11) is 1.68. The number of carbonyl (C=O) groups excluding carboxylic acids is 1. The second kappa shape index (κ2) is 7.30. The zero-order valence-corrected chi connectivity index (χ0v) is 17.1. The molecule has 1 aliphatic heterocycles. The average molecular weight is 385 g/mol. The summed E-state index contributed by atoms with van der Waals surface area (Å²) < 4.78 is 8.26. The summed E-state index contributed by atoms with van der Waals surface area (Å²) in [6.07, 6.45) is -0.0139. The number of ether oxygens (including phenoxy) is 1. The van der Waals surface area contributed by atoms with Gasteiger partial charge in [0.2, 0.25) is 0 Å². The van der Waals surface area contributed by atoms with Crippen LogP contribution in [0.15, 0.2) is 39.9 Å². The largest absolute Gasteiger partial charge is 0.444 e. The van der Waals surface area contributed by atoms with Crippen molar-refractivity contribution in [2.75, 3.05) is 6.54 Å². The van der Waals surface area contributed by atoms with E-state index in [4.69, 9.17) is 4.74 Å². The van der Waals surface area contributed by atoms with Crippen molar-refractivity contribution in [2.24, 2.45) is 7.05 Å². The zero-order chi connectivity index (χ0) is 20.6. The third kappa shape index (κ3) is 3.74. The molecule has 0 radical (unpaired) electrons. The van der Waals surface area contributed by atoms with Gasteiger partial charge in [-0.25, -0.2) is 9.59 Å². The summed E-state index contributed by atoms with van der Waals surface area (Å²) in [4.78, 5) is 40.2. The smallest absolute Gasteiger partial charge is 0.410 e. The van der Waals surface area contributed by atoms with Gasteiger partial charge in [0.05, 0.1) is 18.2 Å². The molecule has 0 N–H and O–H groups in total. The van der Waals surface area contributed by atoms with E-state index in [1.54, 1.807) is 18.9 Å². The molecule has 0 saturated carbocycles. The minimum Gasteiger partial charge on any atom is -0.444 e. The lowest BCUT2D eigenvalue weighted by Crippen LogP contribution is -2.50. The molecule has 0 saturated heterocycles. The third-order valence-electron chi connectivity index (χ3n) is 5.00. The first-order valence-corrected chi connectivity index (χ1v) is 9.46. The second-order valence-electron chi connectivity index (χ2n) is 8.18. The molecule has 28 heavy (non-hydrogen) atoms. The first-order chi connectivity index (χ1) is 13.1. The number of rotatable bonds is 2. The number of aromatic nitrogens is 2. The maximum absolute atomic E-state index is 13.2. The highest BCUT2D eigenvalue weighted by Gasteiger charge is 2.35. The molecule has 1 aliphatic rings. The molecule has 0 fully saturated rings. The molecule has 1 aromatic heterocycles. The van der Waals surface area contributed by atoms with Crippen LogP contribution in [0.1, 0.15) is 50.6 Å². The number of nitrogens with zero attached hydrogens (tertiary/aromatic N) is 3. The Hall–Kier alpha value is -2.83. The topological polar surface area (TPSA) is 73.5 Å². The van der Waals surface area contributed by atoms with Crippen LogP contribution < -0.4 is 11.2 Å². The Morgan fingerprint density at radius 3 is 2.43 bits per heavy atom. The van der Waals surface area contributed by atoms with Gasteiger partial charge in [-0.15, -0.1) is 0 Å². The molecule has 7 heteroatoms. The lowest BCUT2D eigenvalue weighted by molar-refractivity contribution is 0.0154. The number of fused-ring (bicyclic) bond motifs is 1. The van der Waals surface area contributed by atoms with Crippen molar-refractivity contribution in [1.82, 2.24) is 14.0 Å². The third-order valence-corrected chi connectivity index (χ3v) is 5.00. The fourth-order valence-corrected chi connectivity index (χ4v) is 3.61. The summed E-state index contributed by atoms with van der Waals surface area (Å²) in [5, 5.41) is 0. The Morgan fingerprint density at radius 2 is 1.82 bits per heavy atom. The Balaban J connectivity index is 2.04. The van der Waals surface area contributed by atoms with E-state index in [0.717, 1.165) is 5.56 Å². The molecular formula is C21H27N3O4. The summed E-state index contributed by atoms with van der Waals surface area (Å²) in [6, 6.07) is 8.91. The van der Waals surface area contributed by atoms with Gasteiger partial charge < -0.3 is 14.2 Å². The van der Waals surface area contributed by atoms with Crippen LogP contribution in [0.25, 0.3) is 0 Å². The Labute approximate surface area is 164 Å². The maximum Gasteiger partial charge on any atom is 0.410 e. The lowest BCUT2D eigenvalue weighted by Gasteiger charge is -2.36. The normalized spacial score (nSPS) is 16.6. The van der Waals surface area contributed by atoms with Gasteiger partial charge in [-0.05, 0) is 33.3 Å². The molecule has 2 aromatic rings. The van der Waals surface area contributed by atoms with Gasteiger partial charge in [-0.1, -0.05) is 30.3 Å².